The van der Waals surface area contributed by atoms with Gasteiger partial charge in [-0.05, 0) is 25.8 Å². The van der Waals surface area contributed by atoms with Crippen LogP contribution in [0.2, 0.25) is 0 Å². The third kappa shape index (κ3) is 3.61. The van der Waals surface area contributed by atoms with E-state index >= 15 is 0 Å². The molecule has 0 amide bonds. The normalized spacial score (nSPS) is 14.9. The van der Waals surface area contributed by atoms with Crippen molar-refractivity contribution in [2.24, 2.45) is 5.73 Å². The van der Waals surface area contributed by atoms with Crippen LogP contribution in [0, 0.1) is 5.82 Å². The predicted molar refractivity (Wildman–Crippen MR) is 59.0 cm³/mol. The van der Waals surface area contributed by atoms with Crippen molar-refractivity contribution in [1.82, 2.24) is 0 Å². The Bertz CT molecular complexity index is 303. The summed E-state index contributed by atoms with van der Waals surface area (Å²) in [6.07, 6.45) is 1.74. The van der Waals surface area contributed by atoms with Crippen molar-refractivity contribution in [2.75, 3.05) is 7.11 Å². The molecule has 3 heteroatoms. The SMILES string of the molecule is COC(C)CCC(N)c1ccccc1F. The zero-order valence-electron chi connectivity index (χ0n) is 9.24. The second kappa shape index (κ2) is 5.83. The van der Waals surface area contributed by atoms with Crippen molar-refractivity contribution in [3.05, 3.63) is 35.6 Å². The monoisotopic (exact) mass is 211 g/mol. The van der Waals surface area contributed by atoms with Gasteiger partial charge < -0.3 is 10.5 Å². The van der Waals surface area contributed by atoms with Gasteiger partial charge in [-0.2, -0.15) is 0 Å². The molecule has 0 aliphatic heterocycles. The molecule has 0 radical (unpaired) electrons. The number of benzene rings is 1. The minimum absolute atomic E-state index is 0.169. The Kier molecular flexibility index (Phi) is 4.72. The first kappa shape index (κ1) is 12.1. The molecule has 15 heavy (non-hydrogen) atoms. The summed E-state index contributed by atoms with van der Waals surface area (Å²) in [6.45, 7) is 1.98. The van der Waals surface area contributed by atoms with Crippen molar-refractivity contribution >= 4 is 0 Å². The number of hydrogen-bond acceptors (Lipinski definition) is 2. The summed E-state index contributed by atoms with van der Waals surface area (Å²) in [7, 11) is 1.67. The van der Waals surface area contributed by atoms with Gasteiger partial charge in [-0.25, -0.2) is 4.39 Å². The average molecular weight is 211 g/mol. The van der Waals surface area contributed by atoms with Gasteiger partial charge in [0.25, 0.3) is 0 Å². The Morgan fingerprint density at radius 3 is 2.60 bits per heavy atom. The van der Waals surface area contributed by atoms with Crippen LogP contribution in [0.3, 0.4) is 0 Å². The van der Waals surface area contributed by atoms with E-state index in [9.17, 15) is 4.39 Å². The maximum atomic E-state index is 13.3. The highest BCUT2D eigenvalue weighted by Gasteiger charge is 2.11. The van der Waals surface area contributed by atoms with Gasteiger partial charge in [-0.3, -0.25) is 0 Å². The van der Waals surface area contributed by atoms with E-state index < -0.39 is 0 Å². The molecule has 0 aromatic heterocycles. The molecular formula is C12H18FNO. The average Bonchev–Trinajstić information content (AvgIpc) is 2.26. The Morgan fingerprint density at radius 2 is 2.00 bits per heavy atom. The smallest absolute Gasteiger partial charge is 0.127 e. The Hall–Kier alpha value is -0.930. The lowest BCUT2D eigenvalue weighted by Crippen LogP contribution is -2.15. The van der Waals surface area contributed by atoms with Crippen molar-refractivity contribution < 1.29 is 9.13 Å². The van der Waals surface area contributed by atoms with Crippen molar-refractivity contribution in [3.8, 4) is 0 Å². The van der Waals surface area contributed by atoms with Crippen molar-refractivity contribution in [2.45, 2.75) is 31.9 Å². The molecule has 2 N–H and O–H groups in total. The molecule has 1 aromatic carbocycles. The van der Waals surface area contributed by atoms with Crippen LogP contribution in [-0.2, 0) is 4.74 Å². The topological polar surface area (TPSA) is 35.2 Å². The molecule has 0 saturated heterocycles. The molecule has 0 bridgehead atoms. The van der Waals surface area contributed by atoms with Gasteiger partial charge in [0.1, 0.15) is 5.82 Å². The summed E-state index contributed by atoms with van der Waals surface area (Å²) in [5.41, 5.74) is 6.49. The van der Waals surface area contributed by atoms with Crippen LogP contribution in [0.25, 0.3) is 0 Å². The van der Waals surface area contributed by atoms with Crippen LogP contribution in [0.15, 0.2) is 24.3 Å². The van der Waals surface area contributed by atoms with Gasteiger partial charge in [-0.1, -0.05) is 18.2 Å². The highest BCUT2D eigenvalue weighted by Crippen LogP contribution is 2.19. The van der Waals surface area contributed by atoms with Crippen LogP contribution in [0.4, 0.5) is 4.39 Å². The highest BCUT2D eigenvalue weighted by atomic mass is 19.1. The van der Waals surface area contributed by atoms with E-state index in [2.05, 4.69) is 0 Å². The summed E-state index contributed by atoms with van der Waals surface area (Å²) in [5.74, 6) is -0.227. The second-order valence-electron chi connectivity index (χ2n) is 3.75. The Balaban J connectivity index is 2.54. The fourth-order valence-corrected chi connectivity index (χ4v) is 1.46. The van der Waals surface area contributed by atoms with Crippen LogP contribution in [-0.4, -0.2) is 13.2 Å². The number of nitrogens with two attached hydrogens (primary N) is 1. The molecule has 0 saturated carbocycles. The van der Waals surface area contributed by atoms with E-state index in [1.807, 2.05) is 6.92 Å². The highest BCUT2D eigenvalue weighted by molar-refractivity contribution is 5.20. The zero-order valence-corrected chi connectivity index (χ0v) is 9.24. The fourth-order valence-electron chi connectivity index (χ4n) is 1.46. The fraction of sp³-hybridized carbons (Fsp3) is 0.500. The lowest BCUT2D eigenvalue weighted by atomic mass is 10.0. The minimum atomic E-state index is -0.246. The molecule has 2 unspecified atom stereocenters. The predicted octanol–water partition coefficient (Wildman–Crippen LogP) is 2.64. The van der Waals surface area contributed by atoms with Crippen molar-refractivity contribution in [3.63, 3.8) is 0 Å². The quantitative estimate of drug-likeness (QED) is 0.812. The first-order valence-electron chi connectivity index (χ1n) is 5.18. The van der Waals surface area contributed by atoms with Crippen LogP contribution in [0.1, 0.15) is 31.4 Å². The molecule has 2 atom stereocenters. The number of hydrogen-bond donors (Lipinski definition) is 1. The first-order valence-corrected chi connectivity index (χ1v) is 5.18. The maximum absolute atomic E-state index is 13.3. The van der Waals surface area contributed by atoms with Crippen LogP contribution >= 0.6 is 0 Å². The van der Waals surface area contributed by atoms with E-state index in [1.54, 1.807) is 25.3 Å². The third-order valence-electron chi connectivity index (χ3n) is 2.59. The summed E-state index contributed by atoms with van der Waals surface area (Å²) < 4.78 is 18.5. The zero-order chi connectivity index (χ0) is 11.3. The number of ether oxygens (including phenoxy) is 1. The largest absolute Gasteiger partial charge is 0.382 e. The molecular weight excluding hydrogens is 193 g/mol. The van der Waals surface area contributed by atoms with Gasteiger partial charge in [0, 0.05) is 18.7 Å². The van der Waals surface area contributed by atoms with Gasteiger partial charge in [0.15, 0.2) is 0 Å². The second-order valence-corrected chi connectivity index (χ2v) is 3.75. The number of methoxy groups -OCH3 is 1. The first-order chi connectivity index (χ1) is 7.15. The van der Waals surface area contributed by atoms with Gasteiger partial charge in [0.05, 0.1) is 6.10 Å². The number of halogens is 1. The molecule has 84 valence electrons. The Labute approximate surface area is 90.2 Å². The molecule has 0 heterocycles. The summed E-state index contributed by atoms with van der Waals surface area (Å²) in [6, 6.07) is 6.40. The molecule has 1 aromatic rings. The van der Waals surface area contributed by atoms with E-state index in [1.165, 1.54) is 6.07 Å². The molecule has 0 spiro atoms. The van der Waals surface area contributed by atoms with Crippen molar-refractivity contribution in [1.29, 1.82) is 0 Å². The van der Waals surface area contributed by atoms with E-state index in [4.69, 9.17) is 10.5 Å². The summed E-state index contributed by atoms with van der Waals surface area (Å²) >= 11 is 0. The minimum Gasteiger partial charge on any atom is -0.382 e. The number of rotatable bonds is 5. The standard InChI is InChI=1S/C12H18FNO/c1-9(15-2)7-8-12(14)10-5-3-4-6-11(10)13/h3-6,9,12H,7-8,14H2,1-2H3. The lowest BCUT2D eigenvalue weighted by Gasteiger charge is -2.15. The van der Waals surface area contributed by atoms with E-state index in [-0.39, 0.29) is 18.0 Å². The van der Waals surface area contributed by atoms with Gasteiger partial charge in [0.2, 0.25) is 0 Å². The maximum Gasteiger partial charge on any atom is 0.127 e. The molecule has 0 aliphatic carbocycles. The van der Waals surface area contributed by atoms with E-state index in [0.717, 1.165) is 12.8 Å². The third-order valence-corrected chi connectivity index (χ3v) is 2.59. The van der Waals surface area contributed by atoms with Crippen LogP contribution < -0.4 is 5.73 Å². The molecule has 0 fully saturated rings. The molecule has 1 rings (SSSR count). The summed E-state index contributed by atoms with van der Waals surface area (Å²) in [5, 5.41) is 0. The van der Waals surface area contributed by atoms with E-state index in [0.29, 0.717) is 5.56 Å². The lowest BCUT2D eigenvalue weighted by molar-refractivity contribution is 0.107. The molecule has 2 nitrogen and oxygen atoms in total. The van der Waals surface area contributed by atoms with Gasteiger partial charge in [-0.15, -0.1) is 0 Å². The molecule has 0 aliphatic rings. The Morgan fingerprint density at radius 1 is 1.33 bits per heavy atom. The summed E-state index contributed by atoms with van der Waals surface area (Å²) in [4.78, 5) is 0. The van der Waals surface area contributed by atoms with Crippen LogP contribution in [0.5, 0.6) is 0 Å². The van der Waals surface area contributed by atoms with Gasteiger partial charge >= 0.3 is 0 Å².